The van der Waals surface area contributed by atoms with Crippen LogP contribution in [-0.2, 0) is 0 Å². The van der Waals surface area contributed by atoms with E-state index in [1.165, 1.54) is 30.3 Å². The minimum absolute atomic E-state index is 0.113. The lowest BCUT2D eigenvalue weighted by Gasteiger charge is -2.09. The summed E-state index contributed by atoms with van der Waals surface area (Å²) in [6, 6.07) is 8.64. The van der Waals surface area contributed by atoms with Crippen LogP contribution in [-0.4, -0.2) is 11.2 Å². The lowest BCUT2D eigenvalue weighted by molar-refractivity contribution is -0.384. The fourth-order valence-corrected chi connectivity index (χ4v) is 1.99. The van der Waals surface area contributed by atoms with Gasteiger partial charge in [0, 0.05) is 17.2 Å². The van der Waals surface area contributed by atoms with Crippen LogP contribution in [0.2, 0.25) is 5.02 Å². The van der Waals surface area contributed by atoms with Crippen molar-refractivity contribution >= 4 is 39.5 Å². The molecule has 7 heteroatoms. The number of carbonyl (C=O) groups is 1. The minimum Gasteiger partial charge on any atom is -0.455 e. The number of hydrogen-bond acceptors (Lipinski definition) is 4. The number of nitro benzene ring substituents is 1. The Morgan fingerprint density at radius 3 is 2.60 bits per heavy atom. The molecule has 0 aliphatic carbocycles. The monoisotopic (exact) mass is 355 g/mol. The topological polar surface area (TPSA) is 69.4 Å². The molecule has 0 saturated heterocycles. The predicted molar refractivity (Wildman–Crippen MR) is 77.7 cm³/mol. The van der Waals surface area contributed by atoms with Gasteiger partial charge in [-0.2, -0.15) is 0 Å². The molecule has 2 rings (SSSR count). The second-order valence-electron chi connectivity index (χ2n) is 3.77. The number of non-ortho nitro benzene ring substituents is 1. The zero-order valence-electron chi connectivity index (χ0n) is 9.88. The molecule has 0 spiro atoms. The van der Waals surface area contributed by atoms with Crippen LogP contribution < -0.4 is 4.74 Å². The molecule has 0 aliphatic rings. The molecule has 0 aromatic heterocycles. The van der Waals surface area contributed by atoms with E-state index in [2.05, 4.69) is 15.9 Å². The highest BCUT2D eigenvalue weighted by atomic mass is 79.9. The van der Waals surface area contributed by atoms with Crippen LogP contribution in [0.15, 0.2) is 40.9 Å². The van der Waals surface area contributed by atoms with Gasteiger partial charge in [0.1, 0.15) is 11.5 Å². The lowest BCUT2D eigenvalue weighted by Crippen LogP contribution is -1.93. The van der Waals surface area contributed by atoms with Crippen molar-refractivity contribution in [2.45, 2.75) is 0 Å². The van der Waals surface area contributed by atoms with Gasteiger partial charge in [-0.3, -0.25) is 14.9 Å². The molecule has 0 heterocycles. The maximum absolute atomic E-state index is 10.9. The number of hydrogen-bond donors (Lipinski definition) is 0. The van der Waals surface area contributed by atoms with E-state index in [1.54, 1.807) is 6.07 Å². The van der Waals surface area contributed by atoms with Gasteiger partial charge in [0.15, 0.2) is 6.29 Å². The third kappa shape index (κ3) is 3.15. The van der Waals surface area contributed by atoms with Gasteiger partial charge in [-0.1, -0.05) is 11.6 Å². The van der Waals surface area contributed by atoms with Gasteiger partial charge in [-0.25, -0.2) is 0 Å². The number of ether oxygens (including phenoxy) is 1. The Labute approximate surface area is 127 Å². The highest BCUT2D eigenvalue weighted by Crippen LogP contribution is 2.35. The second kappa shape index (κ2) is 6.02. The van der Waals surface area contributed by atoms with Crippen LogP contribution in [0.1, 0.15) is 10.4 Å². The Balaban J connectivity index is 2.44. The van der Waals surface area contributed by atoms with E-state index >= 15 is 0 Å². The van der Waals surface area contributed by atoms with Crippen molar-refractivity contribution in [3.05, 3.63) is 61.6 Å². The van der Waals surface area contributed by atoms with Crippen LogP contribution in [0.4, 0.5) is 5.69 Å². The van der Waals surface area contributed by atoms with Gasteiger partial charge in [0.25, 0.3) is 5.69 Å². The molecule has 0 bridgehead atoms. The van der Waals surface area contributed by atoms with Gasteiger partial charge in [-0.15, -0.1) is 0 Å². The van der Waals surface area contributed by atoms with Crippen molar-refractivity contribution in [3.8, 4) is 11.5 Å². The normalized spacial score (nSPS) is 10.1. The summed E-state index contributed by atoms with van der Waals surface area (Å²) in [6.45, 7) is 0. The van der Waals surface area contributed by atoms with Crippen molar-refractivity contribution < 1.29 is 14.5 Å². The molecule has 0 radical (unpaired) electrons. The highest BCUT2D eigenvalue weighted by Gasteiger charge is 2.13. The minimum atomic E-state index is -0.530. The number of nitrogens with zero attached hydrogens (tertiary/aromatic N) is 1. The summed E-state index contributed by atoms with van der Waals surface area (Å²) < 4.78 is 6.06. The first kappa shape index (κ1) is 14.5. The Morgan fingerprint density at radius 2 is 1.95 bits per heavy atom. The summed E-state index contributed by atoms with van der Waals surface area (Å²) in [5.41, 5.74) is 0.186. The summed E-state index contributed by atoms with van der Waals surface area (Å²) in [5.74, 6) is 0.457. The first-order valence-corrected chi connectivity index (χ1v) is 6.55. The van der Waals surface area contributed by atoms with Crippen LogP contribution in [0.3, 0.4) is 0 Å². The molecule has 20 heavy (non-hydrogen) atoms. The molecule has 5 nitrogen and oxygen atoms in total. The Hall–Kier alpha value is -1.92. The fraction of sp³-hybridized carbons (Fsp3) is 0. The summed E-state index contributed by atoms with van der Waals surface area (Å²) in [5, 5.41) is 11.1. The summed E-state index contributed by atoms with van der Waals surface area (Å²) in [6.07, 6.45) is 0.622. The molecule has 0 amide bonds. The van der Waals surface area contributed by atoms with Gasteiger partial charge in [0.05, 0.1) is 21.0 Å². The van der Waals surface area contributed by atoms with E-state index in [4.69, 9.17) is 16.3 Å². The van der Waals surface area contributed by atoms with E-state index in [1.807, 2.05) is 0 Å². The SMILES string of the molecule is O=Cc1ccc(Cl)cc1Oc1cc([N+](=O)[O-])ccc1Br. The predicted octanol–water partition coefficient (Wildman–Crippen LogP) is 4.62. The van der Waals surface area contributed by atoms with Crippen LogP contribution in [0.25, 0.3) is 0 Å². The summed E-state index contributed by atoms with van der Waals surface area (Å²) in [4.78, 5) is 21.2. The van der Waals surface area contributed by atoms with Crippen molar-refractivity contribution in [2.24, 2.45) is 0 Å². The molecule has 0 atom stereocenters. The van der Waals surface area contributed by atoms with E-state index in [-0.39, 0.29) is 17.2 Å². The highest BCUT2D eigenvalue weighted by molar-refractivity contribution is 9.10. The molecular formula is C13H7BrClNO4. The molecule has 2 aromatic carbocycles. The number of halogens is 2. The van der Waals surface area contributed by atoms with E-state index < -0.39 is 4.92 Å². The standard InChI is InChI=1S/C13H7BrClNO4/c14-11-4-3-10(16(18)19)6-13(11)20-12-5-9(15)2-1-8(12)7-17/h1-7H. The average Bonchev–Trinajstić information content (AvgIpc) is 2.41. The van der Waals surface area contributed by atoms with Gasteiger partial charge in [0.2, 0.25) is 0 Å². The largest absolute Gasteiger partial charge is 0.455 e. The number of carbonyl (C=O) groups excluding carboxylic acids is 1. The van der Waals surface area contributed by atoms with Crippen molar-refractivity contribution in [1.29, 1.82) is 0 Å². The van der Waals surface area contributed by atoms with Gasteiger partial charge in [-0.05, 0) is 34.1 Å². The van der Waals surface area contributed by atoms with E-state index in [0.717, 1.165) is 0 Å². The first-order chi connectivity index (χ1) is 9.51. The molecule has 102 valence electrons. The van der Waals surface area contributed by atoms with E-state index in [0.29, 0.717) is 21.3 Å². The second-order valence-corrected chi connectivity index (χ2v) is 5.06. The molecule has 0 saturated carbocycles. The van der Waals surface area contributed by atoms with Crippen LogP contribution >= 0.6 is 27.5 Å². The Kier molecular flexibility index (Phi) is 4.36. The van der Waals surface area contributed by atoms with Crippen molar-refractivity contribution in [2.75, 3.05) is 0 Å². The quantitative estimate of drug-likeness (QED) is 0.455. The third-order valence-corrected chi connectivity index (χ3v) is 3.34. The average molecular weight is 357 g/mol. The van der Waals surface area contributed by atoms with Crippen molar-refractivity contribution in [1.82, 2.24) is 0 Å². The third-order valence-electron chi connectivity index (χ3n) is 2.45. The van der Waals surface area contributed by atoms with Crippen molar-refractivity contribution in [3.63, 3.8) is 0 Å². The Bertz CT molecular complexity index is 690. The van der Waals surface area contributed by atoms with E-state index in [9.17, 15) is 14.9 Å². The fourth-order valence-electron chi connectivity index (χ4n) is 1.50. The van der Waals surface area contributed by atoms with Crippen LogP contribution in [0.5, 0.6) is 11.5 Å². The number of nitro groups is 1. The zero-order chi connectivity index (χ0) is 14.7. The molecule has 2 aromatic rings. The maximum atomic E-state index is 10.9. The molecule has 0 N–H and O–H groups in total. The summed E-state index contributed by atoms with van der Waals surface area (Å²) in [7, 11) is 0. The zero-order valence-corrected chi connectivity index (χ0v) is 12.2. The Morgan fingerprint density at radius 1 is 1.20 bits per heavy atom. The number of rotatable bonds is 4. The summed E-state index contributed by atoms with van der Waals surface area (Å²) >= 11 is 9.08. The molecule has 0 unspecified atom stereocenters. The first-order valence-electron chi connectivity index (χ1n) is 5.38. The number of benzene rings is 2. The lowest BCUT2D eigenvalue weighted by atomic mass is 10.2. The maximum Gasteiger partial charge on any atom is 0.273 e. The smallest absolute Gasteiger partial charge is 0.273 e. The molecule has 0 fully saturated rings. The molecular weight excluding hydrogens is 350 g/mol. The van der Waals surface area contributed by atoms with Crippen LogP contribution in [0, 0.1) is 10.1 Å². The number of aldehydes is 1. The van der Waals surface area contributed by atoms with Gasteiger partial charge >= 0.3 is 0 Å². The van der Waals surface area contributed by atoms with Gasteiger partial charge < -0.3 is 4.74 Å². The molecule has 0 aliphatic heterocycles.